The van der Waals surface area contributed by atoms with E-state index >= 15 is 0 Å². The Hall–Kier alpha value is -0.570. The Labute approximate surface area is 124 Å². The first-order valence-electron chi connectivity index (χ1n) is 8.38. The topological polar surface area (TPSA) is 46.3 Å². The van der Waals surface area contributed by atoms with E-state index in [0.29, 0.717) is 23.9 Å². The quantitative estimate of drug-likeness (QED) is 0.862. The van der Waals surface area contributed by atoms with E-state index in [1.165, 1.54) is 19.3 Å². The van der Waals surface area contributed by atoms with Gasteiger partial charge in [-0.2, -0.15) is 0 Å². The molecule has 0 aliphatic heterocycles. The first-order chi connectivity index (χ1) is 9.40. The summed E-state index contributed by atoms with van der Waals surface area (Å²) < 4.78 is 0. The van der Waals surface area contributed by atoms with Gasteiger partial charge in [0, 0.05) is 19.6 Å². The van der Waals surface area contributed by atoms with E-state index in [9.17, 15) is 4.79 Å². The highest BCUT2D eigenvalue weighted by molar-refractivity contribution is 5.83. The molecule has 2 rings (SSSR count). The van der Waals surface area contributed by atoms with Crippen LogP contribution < -0.4 is 5.73 Å². The molecule has 0 bridgehead atoms. The third-order valence-electron chi connectivity index (χ3n) is 5.83. The molecule has 0 aromatic rings. The summed E-state index contributed by atoms with van der Waals surface area (Å²) in [6.07, 6.45) is 10.3. The van der Waals surface area contributed by atoms with Gasteiger partial charge in [-0.25, -0.2) is 0 Å². The van der Waals surface area contributed by atoms with E-state index in [0.717, 1.165) is 38.5 Å². The van der Waals surface area contributed by atoms with Crippen molar-refractivity contribution >= 4 is 5.91 Å². The number of hydrogen-bond acceptors (Lipinski definition) is 2. The Kier molecular flexibility index (Phi) is 4.78. The number of carbonyl (C=O) groups excluding carboxylic acids is 1. The average Bonchev–Trinajstić information content (AvgIpc) is 2.46. The molecule has 0 aromatic heterocycles. The van der Waals surface area contributed by atoms with Crippen molar-refractivity contribution in [2.45, 2.75) is 77.7 Å². The second kappa shape index (κ2) is 6.05. The molecule has 3 heteroatoms. The molecule has 2 aliphatic rings. The molecule has 0 radical (unpaired) electrons. The van der Waals surface area contributed by atoms with Crippen LogP contribution in [0, 0.1) is 10.8 Å². The molecule has 0 heterocycles. The lowest BCUT2D eigenvalue weighted by molar-refractivity contribution is -0.145. The van der Waals surface area contributed by atoms with E-state index in [-0.39, 0.29) is 5.41 Å². The molecule has 0 unspecified atom stereocenters. The van der Waals surface area contributed by atoms with Gasteiger partial charge in [-0.3, -0.25) is 4.79 Å². The molecule has 116 valence electrons. The van der Waals surface area contributed by atoms with Crippen LogP contribution in [-0.2, 0) is 4.79 Å². The number of nitrogens with two attached hydrogens (primary N) is 1. The Morgan fingerprint density at radius 3 is 2.15 bits per heavy atom. The molecule has 20 heavy (non-hydrogen) atoms. The van der Waals surface area contributed by atoms with E-state index in [2.05, 4.69) is 13.8 Å². The van der Waals surface area contributed by atoms with Gasteiger partial charge in [-0.15, -0.1) is 0 Å². The van der Waals surface area contributed by atoms with Crippen LogP contribution in [0.15, 0.2) is 0 Å². The highest BCUT2D eigenvalue weighted by Crippen LogP contribution is 2.40. The van der Waals surface area contributed by atoms with E-state index in [1.807, 2.05) is 11.9 Å². The number of amides is 1. The maximum Gasteiger partial charge on any atom is 0.230 e. The van der Waals surface area contributed by atoms with Gasteiger partial charge in [0.1, 0.15) is 0 Å². The normalized spacial score (nSPS) is 26.2. The van der Waals surface area contributed by atoms with Crippen molar-refractivity contribution in [1.82, 2.24) is 4.90 Å². The van der Waals surface area contributed by atoms with Gasteiger partial charge in [0.05, 0.1) is 5.41 Å². The van der Waals surface area contributed by atoms with Crippen molar-refractivity contribution in [1.29, 1.82) is 0 Å². The molecule has 3 nitrogen and oxygen atoms in total. The Bertz CT molecular complexity index is 335. The van der Waals surface area contributed by atoms with Crippen LogP contribution in [-0.4, -0.2) is 30.4 Å². The minimum atomic E-state index is -0.250. The Morgan fingerprint density at radius 2 is 1.65 bits per heavy atom. The second-order valence-corrected chi connectivity index (χ2v) is 7.86. The smallest absolute Gasteiger partial charge is 0.230 e. The summed E-state index contributed by atoms with van der Waals surface area (Å²) in [4.78, 5) is 15.0. The summed E-state index contributed by atoms with van der Waals surface area (Å²) in [7, 11) is 2.01. The summed E-state index contributed by atoms with van der Waals surface area (Å²) >= 11 is 0. The van der Waals surface area contributed by atoms with Gasteiger partial charge in [0.15, 0.2) is 0 Å². The van der Waals surface area contributed by atoms with Crippen molar-refractivity contribution in [2.24, 2.45) is 16.6 Å². The molecule has 1 amide bonds. The van der Waals surface area contributed by atoms with Crippen LogP contribution in [0.2, 0.25) is 0 Å². The lowest BCUT2D eigenvalue weighted by atomic mass is 9.71. The fourth-order valence-corrected chi connectivity index (χ4v) is 4.05. The van der Waals surface area contributed by atoms with Crippen molar-refractivity contribution in [2.75, 3.05) is 13.6 Å². The summed E-state index contributed by atoms with van der Waals surface area (Å²) in [6, 6.07) is 0.431. The third kappa shape index (κ3) is 3.19. The molecule has 0 spiro atoms. The van der Waals surface area contributed by atoms with Crippen LogP contribution in [0.1, 0.15) is 71.6 Å². The van der Waals surface area contributed by atoms with Crippen molar-refractivity contribution < 1.29 is 4.79 Å². The van der Waals surface area contributed by atoms with Crippen LogP contribution in [0.3, 0.4) is 0 Å². The van der Waals surface area contributed by atoms with E-state index < -0.39 is 0 Å². The summed E-state index contributed by atoms with van der Waals surface area (Å²) in [5, 5.41) is 0. The lowest BCUT2D eigenvalue weighted by Crippen LogP contribution is -2.51. The predicted molar refractivity (Wildman–Crippen MR) is 83.4 cm³/mol. The van der Waals surface area contributed by atoms with E-state index in [4.69, 9.17) is 5.73 Å². The summed E-state index contributed by atoms with van der Waals surface area (Å²) in [5.41, 5.74) is 6.21. The van der Waals surface area contributed by atoms with Gasteiger partial charge in [0.2, 0.25) is 5.91 Å². The molecule has 0 saturated heterocycles. The number of hydrogen-bond donors (Lipinski definition) is 1. The molecular formula is C17H32N2O. The van der Waals surface area contributed by atoms with Crippen LogP contribution in [0.5, 0.6) is 0 Å². The zero-order valence-corrected chi connectivity index (χ0v) is 13.6. The molecule has 2 aliphatic carbocycles. The molecule has 2 fully saturated rings. The third-order valence-corrected chi connectivity index (χ3v) is 5.83. The molecule has 2 saturated carbocycles. The first kappa shape index (κ1) is 15.8. The van der Waals surface area contributed by atoms with Crippen LogP contribution in [0.4, 0.5) is 0 Å². The zero-order chi connectivity index (χ0) is 14.8. The van der Waals surface area contributed by atoms with E-state index in [1.54, 1.807) is 0 Å². The SMILES string of the molecule is CN(C(=O)C1(CN)CCCCC1)C1CCC(C)(C)CC1. The van der Waals surface area contributed by atoms with Gasteiger partial charge >= 0.3 is 0 Å². The van der Waals surface area contributed by atoms with Gasteiger partial charge in [-0.1, -0.05) is 33.1 Å². The largest absolute Gasteiger partial charge is 0.342 e. The van der Waals surface area contributed by atoms with Crippen LogP contribution >= 0.6 is 0 Å². The van der Waals surface area contributed by atoms with Crippen molar-refractivity contribution in [3.63, 3.8) is 0 Å². The number of nitrogens with zero attached hydrogens (tertiary/aromatic N) is 1. The Balaban J connectivity index is 2.00. The fourth-order valence-electron chi connectivity index (χ4n) is 4.05. The fraction of sp³-hybridized carbons (Fsp3) is 0.941. The molecular weight excluding hydrogens is 248 g/mol. The monoisotopic (exact) mass is 280 g/mol. The zero-order valence-electron chi connectivity index (χ0n) is 13.6. The van der Waals surface area contributed by atoms with Gasteiger partial charge < -0.3 is 10.6 Å². The summed E-state index contributed by atoms with van der Waals surface area (Å²) in [6.45, 7) is 5.20. The maximum absolute atomic E-state index is 13.0. The Morgan fingerprint density at radius 1 is 1.10 bits per heavy atom. The highest BCUT2D eigenvalue weighted by Gasteiger charge is 2.42. The summed E-state index contributed by atoms with van der Waals surface area (Å²) in [5.74, 6) is 0.324. The number of carbonyl (C=O) groups is 1. The molecule has 2 N–H and O–H groups in total. The first-order valence-corrected chi connectivity index (χ1v) is 8.38. The minimum Gasteiger partial charge on any atom is -0.342 e. The molecule has 0 atom stereocenters. The minimum absolute atomic E-state index is 0.250. The average molecular weight is 280 g/mol. The molecule has 0 aromatic carbocycles. The standard InChI is InChI=1S/C17H32N2O/c1-16(2)11-7-14(8-12-16)19(3)15(20)17(13-18)9-5-4-6-10-17/h14H,4-13,18H2,1-3H3. The second-order valence-electron chi connectivity index (χ2n) is 7.86. The highest BCUT2D eigenvalue weighted by atomic mass is 16.2. The van der Waals surface area contributed by atoms with Gasteiger partial charge in [-0.05, 0) is 43.9 Å². The lowest BCUT2D eigenvalue weighted by Gasteiger charge is -2.43. The predicted octanol–water partition coefficient (Wildman–Crippen LogP) is 3.32. The van der Waals surface area contributed by atoms with Crippen molar-refractivity contribution in [3.8, 4) is 0 Å². The van der Waals surface area contributed by atoms with Crippen LogP contribution in [0.25, 0.3) is 0 Å². The van der Waals surface area contributed by atoms with Crippen molar-refractivity contribution in [3.05, 3.63) is 0 Å². The maximum atomic E-state index is 13.0. The number of rotatable bonds is 3. The van der Waals surface area contributed by atoms with Gasteiger partial charge in [0.25, 0.3) is 0 Å².